The summed E-state index contributed by atoms with van der Waals surface area (Å²) in [5.74, 6) is 2.35. The molecule has 4 nitrogen and oxygen atoms in total. The van der Waals surface area contributed by atoms with Gasteiger partial charge in [0.15, 0.2) is 0 Å². The molecular formula is C19H38N2O2. The van der Waals surface area contributed by atoms with Gasteiger partial charge in [-0.05, 0) is 69.0 Å². The van der Waals surface area contributed by atoms with Crippen LogP contribution in [0.3, 0.4) is 0 Å². The fourth-order valence-electron chi connectivity index (χ4n) is 4.72. The predicted octanol–water partition coefficient (Wildman–Crippen LogP) is 2.31. The Balaban J connectivity index is 1.96. The Hall–Kier alpha value is -0.160. The van der Waals surface area contributed by atoms with Gasteiger partial charge in [-0.3, -0.25) is 4.90 Å². The maximum Gasteiger partial charge on any atom is 0.115 e. The van der Waals surface area contributed by atoms with E-state index in [2.05, 4.69) is 44.8 Å². The first-order chi connectivity index (χ1) is 10.6. The van der Waals surface area contributed by atoms with E-state index in [1.54, 1.807) is 0 Å². The Labute approximate surface area is 142 Å². The molecule has 3 unspecified atom stereocenters. The third-order valence-electron chi connectivity index (χ3n) is 6.60. The van der Waals surface area contributed by atoms with Gasteiger partial charge in [0.05, 0.1) is 5.60 Å². The van der Waals surface area contributed by atoms with Gasteiger partial charge in [0, 0.05) is 6.54 Å². The summed E-state index contributed by atoms with van der Waals surface area (Å²) in [6.45, 7) is 16.5. The lowest BCUT2D eigenvalue weighted by Crippen LogP contribution is -2.50. The third kappa shape index (κ3) is 4.09. The van der Waals surface area contributed by atoms with E-state index in [0.717, 1.165) is 39.0 Å². The van der Waals surface area contributed by atoms with Crippen molar-refractivity contribution in [1.82, 2.24) is 10.2 Å². The molecule has 1 aliphatic carbocycles. The molecule has 6 atom stereocenters. The molecule has 1 aliphatic heterocycles. The first-order valence-electron chi connectivity index (χ1n) is 9.52. The maximum absolute atomic E-state index is 10.9. The fraction of sp³-hybridized carbons (Fsp3) is 1.00. The van der Waals surface area contributed by atoms with Gasteiger partial charge in [-0.15, -0.1) is 0 Å². The summed E-state index contributed by atoms with van der Waals surface area (Å²) in [6.07, 6.45) is 1.69. The monoisotopic (exact) mass is 326 g/mol. The van der Waals surface area contributed by atoms with E-state index in [1.807, 2.05) is 6.92 Å². The molecule has 2 aliphatic rings. The van der Waals surface area contributed by atoms with Crippen molar-refractivity contribution in [3.63, 3.8) is 0 Å². The quantitative estimate of drug-likeness (QED) is 0.599. The number of hydrogen-bond acceptors (Lipinski definition) is 4. The Morgan fingerprint density at radius 2 is 1.78 bits per heavy atom. The lowest BCUT2D eigenvalue weighted by Gasteiger charge is -2.40. The lowest BCUT2D eigenvalue weighted by atomic mass is 9.87. The van der Waals surface area contributed by atoms with Crippen LogP contribution < -0.4 is 5.32 Å². The Kier molecular flexibility index (Phi) is 5.82. The molecule has 1 saturated heterocycles. The van der Waals surface area contributed by atoms with Crippen molar-refractivity contribution >= 4 is 0 Å². The van der Waals surface area contributed by atoms with Crippen molar-refractivity contribution in [3.8, 4) is 0 Å². The zero-order chi connectivity index (χ0) is 17.4. The molecule has 1 saturated carbocycles. The van der Waals surface area contributed by atoms with Crippen LogP contribution in [0.5, 0.6) is 0 Å². The second-order valence-corrected chi connectivity index (χ2v) is 8.80. The Bertz CT molecular complexity index is 389. The van der Waals surface area contributed by atoms with Crippen LogP contribution in [0.4, 0.5) is 0 Å². The molecule has 0 amide bonds. The van der Waals surface area contributed by atoms with Gasteiger partial charge in [-0.25, -0.2) is 0 Å². The van der Waals surface area contributed by atoms with Crippen molar-refractivity contribution in [2.75, 3.05) is 26.2 Å². The molecule has 0 bridgehead atoms. The van der Waals surface area contributed by atoms with Crippen LogP contribution in [0.25, 0.3) is 0 Å². The van der Waals surface area contributed by atoms with Gasteiger partial charge >= 0.3 is 0 Å². The van der Waals surface area contributed by atoms with Gasteiger partial charge in [0.25, 0.3) is 0 Å². The zero-order valence-corrected chi connectivity index (χ0v) is 16.0. The first kappa shape index (κ1) is 19.2. The summed E-state index contributed by atoms with van der Waals surface area (Å²) in [5, 5.41) is 25.1. The highest BCUT2D eigenvalue weighted by atomic mass is 16.3. The zero-order valence-electron chi connectivity index (χ0n) is 16.0. The van der Waals surface area contributed by atoms with Gasteiger partial charge in [0.1, 0.15) is 5.72 Å². The van der Waals surface area contributed by atoms with E-state index in [9.17, 15) is 10.2 Å². The number of hydrogen-bond donors (Lipinski definition) is 3. The molecule has 2 fully saturated rings. The largest absolute Gasteiger partial charge is 0.389 e. The summed E-state index contributed by atoms with van der Waals surface area (Å²) in [4.78, 5) is 2.22. The van der Waals surface area contributed by atoms with E-state index >= 15 is 0 Å². The van der Waals surface area contributed by atoms with Crippen molar-refractivity contribution < 1.29 is 10.2 Å². The van der Waals surface area contributed by atoms with Crippen molar-refractivity contribution in [3.05, 3.63) is 0 Å². The van der Waals surface area contributed by atoms with E-state index in [4.69, 9.17) is 0 Å². The highest BCUT2D eigenvalue weighted by molar-refractivity contribution is 5.09. The highest BCUT2D eigenvalue weighted by Gasteiger charge is 2.59. The average molecular weight is 327 g/mol. The number of nitrogens with zero attached hydrogens (tertiary/aromatic N) is 1. The van der Waals surface area contributed by atoms with Crippen molar-refractivity contribution in [2.24, 2.45) is 29.6 Å². The minimum Gasteiger partial charge on any atom is -0.389 e. The minimum absolute atomic E-state index is 0.426. The number of nitrogens with one attached hydrogen (secondary N) is 1. The van der Waals surface area contributed by atoms with Crippen LogP contribution in [-0.4, -0.2) is 52.6 Å². The maximum atomic E-state index is 10.9. The molecule has 3 N–H and O–H groups in total. The molecule has 0 radical (unpaired) electrons. The molecule has 4 heteroatoms. The lowest BCUT2D eigenvalue weighted by molar-refractivity contribution is -0.112. The smallest absolute Gasteiger partial charge is 0.115 e. The average Bonchev–Trinajstić information content (AvgIpc) is 2.79. The van der Waals surface area contributed by atoms with E-state index < -0.39 is 11.3 Å². The SMILES string of the molecule is CCN(CC1CNC[C@H]1CC1(O)C(C)[C@H]1C)[C@@](C)(O)CC(C)C. The van der Waals surface area contributed by atoms with E-state index in [1.165, 1.54) is 0 Å². The van der Waals surface area contributed by atoms with Crippen LogP contribution in [0.1, 0.15) is 54.4 Å². The second kappa shape index (κ2) is 6.99. The summed E-state index contributed by atoms with van der Waals surface area (Å²) in [5.41, 5.74) is -1.19. The molecule has 2 rings (SSSR count). The molecule has 0 aromatic rings. The first-order valence-corrected chi connectivity index (χ1v) is 9.52. The summed E-state index contributed by atoms with van der Waals surface area (Å²) >= 11 is 0. The fourth-order valence-corrected chi connectivity index (χ4v) is 4.72. The van der Waals surface area contributed by atoms with Crippen LogP contribution in [0, 0.1) is 29.6 Å². The summed E-state index contributed by atoms with van der Waals surface area (Å²) < 4.78 is 0. The van der Waals surface area contributed by atoms with Gasteiger partial charge in [-0.1, -0.05) is 34.6 Å². The highest BCUT2D eigenvalue weighted by Crippen LogP contribution is 2.54. The molecule has 0 aromatic carbocycles. The molecular weight excluding hydrogens is 288 g/mol. The van der Waals surface area contributed by atoms with E-state index in [-0.39, 0.29) is 0 Å². The second-order valence-electron chi connectivity index (χ2n) is 8.80. The van der Waals surface area contributed by atoms with Gasteiger partial charge < -0.3 is 15.5 Å². The van der Waals surface area contributed by atoms with E-state index in [0.29, 0.717) is 29.6 Å². The minimum atomic E-state index is -0.743. The number of aliphatic hydroxyl groups is 2. The molecule has 1 heterocycles. The van der Waals surface area contributed by atoms with Crippen LogP contribution in [0.2, 0.25) is 0 Å². The van der Waals surface area contributed by atoms with Crippen molar-refractivity contribution in [1.29, 1.82) is 0 Å². The van der Waals surface area contributed by atoms with Gasteiger partial charge in [-0.2, -0.15) is 0 Å². The Morgan fingerprint density at radius 1 is 1.22 bits per heavy atom. The number of rotatable bonds is 8. The normalized spacial score (nSPS) is 39.9. The summed E-state index contributed by atoms with van der Waals surface area (Å²) in [7, 11) is 0. The molecule has 136 valence electrons. The molecule has 0 spiro atoms. The van der Waals surface area contributed by atoms with Crippen LogP contribution in [0.15, 0.2) is 0 Å². The Morgan fingerprint density at radius 3 is 2.26 bits per heavy atom. The molecule has 23 heavy (non-hydrogen) atoms. The van der Waals surface area contributed by atoms with Gasteiger partial charge in [0.2, 0.25) is 0 Å². The third-order valence-corrected chi connectivity index (χ3v) is 6.60. The molecule has 0 aromatic heterocycles. The van der Waals surface area contributed by atoms with Crippen LogP contribution in [-0.2, 0) is 0 Å². The van der Waals surface area contributed by atoms with Crippen LogP contribution >= 0.6 is 0 Å². The standard InChI is InChI=1S/C19H38N2O2/c1-7-21(18(6,22)8-13(2)3)12-17-11-20-10-16(17)9-19(23)14(4)15(19)5/h13-17,20,22-23H,7-12H2,1-6H3/t14-,15?,16-,17?,18+,19?/m1/s1. The van der Waals surface area contributed by atoms with Crippen molar-refractivity contribution in [2.45, 2.75) is 65.7 Å². The topological polar surface area (TPSA) is 55.7 Å². The summed E-state index contributed by atoms with van der Waals surface area (Å²) in [6, 6.07) is 0. The predicted molar refractivity (Wildman–Crippen MR) is 95.1 cm³/mol.